The molecule has 0 amide bonds. The van der Waals surface area contributed by atoms with Crippen LogP contribution in [-0.2, 0) is 10.8 Å². The molecule has 4 aliphatic carbocycles. The van der Waals surface area contributed by atoms with Crippen molar-refractivity contribution in [2.45, 2.75) is 10.8 Å². The lowest BCUT2D eigenvalue weighted by Crippen LogP contribution is -2.62. The zero-order valence-corrected chi connectivity index (χ0v) is 52.3. The number of hydrogen-bond acceptors (Lipinski definition) is 2. The summed E-state index contributed by atoms with van der Waals surface area (Å²) in [5.41, 5.74) is 38.5. The van der Waals surface area contributed by atoms with Gasteiger partial charge in [-0.15, -0.1) is 0 Å². The van der Waals surface area contributed by atoms with Crippen molar-refractivity contribution >= 4 is 79.0 Å². The quantitative estimate of drug-likeness (QED) is 0.159. The molecule has 0 saturated heterocycles. The maximum Gasteiger partial charge on any atom is 0.252 e. The molecule has 2 spiro atoms. The van der Waals surface area contributed by atoms with Crippen LogP contribution in [0.1, 0.15) is 44.5 Å². The first-order valence-electron chi connectivity index (χ1n) is 33.7. The molecule has 0 atom stereocenters. The lowest BCUT2D eigenvalue weighted by atomic mass is 9.33. The standard InChI is InChI=1S/C92H56BN3/c1-3-23-57(24-4-1)59-43-46-61(47-44-59)96-87-56-63(95-83-41-21-13-33-71(83)72-34-14-22-42-84(72)95)55-86-89(87)93(81-51-50-73-69-32-12-20-40-79(69)92(88(73)90(81)96)77-38-18-10-29-66(77)67-30-11-19-39-78(67)92)82-53-60(58-25-5-2-6-26-58)45-52-85(82)94(86)62-48-49-70-68-31-9-17-37-76(68)91(80(70)54-62)74-35-15-7-27-64(74)65-28-8-16-36-75(65)91/h1-56H. The number of fused-ring (bicyclic) bond motifs is 28. The van der Waals surface area contributed by atoms with E-state index in [0.29, 0.717) is 0 Å². The second-order valence-electron chi connectivity index (χ2n) is 26.9. The number of benzene rings is 15. The van der Waals surface area contributed by atoms with E-state index in [2.05, 4.69) is 354 Å². The summed E-state index contributed by atoms with van der Waals surface area (Å²) in [5, 5.41) is 2.45. The summed E-state index contributed by atoms with van der Waals surface area (Å²) in [6.45, 7) is -0.219. The Morgan fingerprint density at radius 3 is 1.19 bits per heavy atom. The van der Waals surface area contributed by atoms with Crippen LogP contribution in [0.25, 0.3) is 94.3 Å². The van der Waals surface area contributed by atoms with Crippen LogP contribution in [0.5, 0.6) is 0 Å². The number of aromatic nitrogens is 1. The third-order valence-corrected chi connectivity index (χ3v) is 22.6. The zero-order chi connectivity index (χ0) is 62.5. The van der Waals surface area contributed by atoms with Crippen molar-refractivity contribution in [2.24, 2.45) is 0 Å². The third-order valence-electron chi connectivity index (χ3n) is 22.6. The molecule has 6 aliphatic rings. The van der Waals surface area contributed by atoms with Gasteiger partial charge in [-0.3, -0.25) is 0 Å². The van der Waals surface area contributed by atoms with Gasteiger partial charge in [-0.05, 0) is 177 Å². The molecule has 0 fully saturated rings. The first-order valence-corrected chi connectivity index (χ1v) is 33.7. The van der Waals surface area contributed by atoms with Crippen LogP contribution >= 0.6 is 0 Å². The van der Waals surface area contributed by atoms with E-state index in [1.165, 1.54) is 144 Å². The molecule has 3 nitrogen and oxygen atoms in total. The summed E-state index contributed by atoms with van der Waals surface area (Å²) in [6, 6.07) is 130. The fourth-order valence-corrected chi connectivity index (χ4v) is 19.0. The summed E-state index contributed by atoms with van der Waals surface area (Å²) in [4.78, 5) is 5.38. The van der Waals surface area contributed by atoms with Crippen LogP contribution in [-0.4, -0.2) is 11.3 Å². The smallest absolute Gasteiger partial charge is 0.252 e. The Morgan fingerprint density at radius 2 is 0.646 bits per heavy atom. The summed E-state index contributed by atoms with van der Waals surface area (Å²) in [5.74, 6) is 0. The second-order valence-corrected chi connectivity index (χ2v) is 26.9. The first kappa shape index (κ1) is 52.3. The summed E-state index contributed by atoms with van der Waals surface area (Å²) < 4.78 is 2.55. The molecule has 96 heavy (non-hydrogen) atoms. The fourth-order valence-electron chi connectivity index (χ4n) is 19.0. The van der Waals surface area contributed by atoms with Gasteiger partial charge in [-0.2, -0.15) is 0 Å². The minimum Gasteiger partial charge on any atom is -0.311 e. The van der Waals surface area contributed by atoms with Crippen molar-refractivity contribution in [2.75, 3.05) is 9.80 Å². The van der Waals surface area contributed by atoms with Crippen molar-refractivity contribution in [1.29, 1.82) is 0 Å². The van der Waals surface area contributed by atoms with E-state index in [-0.39, 0.29) is 6.71 Å². The predicted octanol–water partition coefficient (Wildman–Crippen LogP) is 20.9. The van der Waals surface area contributed by atoms with Gasteiger partial charge in [-0.1, -0.05) is 285 Å². The van der Waals surface area contributed by atoms with E-state index in [1.54, 1.807) is 0 Å². The van der Waals surface area contributed by atoms with Gasteiger partial charge >= 0.3 is 0 Å². The van der Waals surface area contributed by atoms with Crippen LogP contribution in [0, 0.1) is 0 Å². The van der Waals surface area contributed by atoms with E-state index in [9.17, 15) is 0 Å². The molecule has 22 rings (SSSR count). The Balaban J connectivity index is 0.901. The van der Waals surface area contributed by atoms with Gasteiger partial charge in [0.2, 0.25) is 0 Å². The second kappa shape index (κ2) is 19.2. The molecular formula is C92H56BN3. The average Bonchev–Trinajstić information content (AvgIpc) is 1.42. The number of rotatable bonds is 5. The molecule has 15 aromatic carbocycles. The lowest BCUT2D eigenvalue weighted by Gasteiger charge is -2.46. The number of para-hydroxylation sites is 2. The Bertz CT molecular complexity index is 5880. The highest BCUT2D eigenvalue weighted by Crippen LogP contribution is 2.67. The number of anilines is 6. The molecule has 1 aromatic heterocycles. The van der Waals surface area contributed by atoms with Crippen LogP contribution in [0.4, 0.5) is 34.1 Å². The zero-order valence-electron chi connectivity index (χ0n) is 52.3. The molecule has 0 N–H and O–H groups in total. The largest absolute Gasteiger partial charge is 0.311 e. The van der Waals surface area contributed by atoms with Crippen LogP contribution in [0.3, 0.4) is 0 Å². The Hall–Kier alpha value is -12.2. The fraction of sp³-hybridized carbons (Fsp3) is 0.0217. The first-order chi connectivity index (χ1) is 47.7. The summed E-state index contributed by atoms with van der Waals surface area (Å²) >= 11 is 0. The summed E-state index contributed by atoms with van der Waals surface area (Å²) in [7, 11) is 0. The molecule has 0 radical (unpaired) electrons. The van der Waals surface area contributed by atoms with Crippen molar-refractivity contribution in [3.8, 4) is 72.4 Å². The van der Waals surface area contributed by atoms with E-state index in [1.807, 2.05) is 0 Å². The van der Waals surface area contributed by atoms with Crippen LogP contribution in [0.15, 0.2) is 340 Å². The molecule has 4 heteroatoms. The van der Waals surface area contributed by atoms with E-state index >= 15 is 0 Å². The van der Waals surface area contributed by atoms with E-state index < -0.39 is 10.8 Å². The Kier molecular flexibility index (Phi) is 10.5. The van der Waals surface area contributed by atoms with Gasteiger partial charge in [-0.25, -0.2) is 0 Å². The molecule has 16 aromatic rings. The summed E-state index contributed by atoms with van der Waals surface area (Å²) in [6.07, 6.45) is 0. The molecule has 2 aliphatic heterocycles. The molecule has 0 unspecified atom stereocenters. The van der Waals surface area contributed by atoms with Crippen molar-refractivity contribution in [1.82, 2.24) is 4.57 Å². The molecule has 0 bridgehead atoms. The van der Waals surface area contributed by atoms with Crippen LogP contribution in [0.2, 0.25) is 0 Å². The van der Waals surface area contributed by atoms with Gasteiger partial charge in [0.05, 0.1) is 27.6 Å². The van der Waals surface area contributed by atoms with Crippen molar-refractivity contribution in [3.63, 3.8) is 0 Å². The molecule has 442 valence electrons. The van der Waals surface area contributed by atoms with E-state index in [4.69, 9.17) is 0 Å². The van der Waals surface area contributed by atoms with Gasteiger partial charge in [0, 0.05) is 50.5 Å². The maximum absolute atomic E-state index is 2.72. The highest BCUT2D eigenvalue weighted by atomic mass is 15.2. The van der Waals surface area contributed by atoms with Crippen molar-refractivity contribution in [3.05, 3.63) is 384 Å². The predicted molar refractivity (Wildman–Crippen MR) is 398 cm³/mol. The molecule has 0 saturated carbocycles. The average molecular weight is 1210 g/mol. The monoisotopic (exact) mass is 1210 g/mol. The third kappa shape index (κ3) is 6.58. The molecule has 3 heterocycles. The normalized spacial score (nSPS) is 14.4. The van der Waals surface area contributed by atoms with Gasteiger partial charge in [0.1, 0.15) is 0 Å². The van der Waals surface area contributed by atoms with Crippen LogP contribution < -0.4 is 26.2 Å². The lowest BCUT2D eigenvalue weighted by molar-refractivity contribution is 0.793. The SMILES string of the molecule is c1ccc(-c2ccc(N3c4cc(-n5c6ccccc6c6ccccc65)cc5c4B(c4cc(-c6ccccc6)ccc4N5c4ccc5c(c4)C4(c6ccccc6-c6ccccc64)c4ccccc4-5)c4ccc5c(c43)C3(c4ccccc4-c4ccccc43)c3ccccc3-5)cc2)cc1. The highest BCUT2D eigenvalue weighted by molar-refractivity contribution is 7.00. The Labute approximate surface area is 557 Å². The highest BCUT2D eigenvalue weighted by Gasteiger charge is 2.57. The minimum absolute atomic E-state index is 0.219. The maximum atomic E-state index is 2.72. The molecular weight excluding hydrogens is 1160 g/mol. The Morgan fingerprint density at radius 1 is 0.240 bits per heavy atom. The van der Waals surface area contributed by atoms with E-state index in [0.717, 1.165) is 45.2 Å². The number of nitrogens with zero attached hydrogens (tertiary/aromatic N) is 3. The topological polar surface area (TPSA) is 11.4 Å². The van der Waals surface area contributed by atoms with Gasteiger partial charge in [0.25, 0.3) is 6.71 Å². The van der Waals surface area contributed by atoms with Crippen molar-refractivity contribution < 1.29 is 0 Å². The van der Waals surface area contributed by atoms with Gasteiger partial charge in [0.15, 0.2) is 0 Å². The van der Waals surface area contributed by atoms with Gasteiger partial charge < -0.3 is 14.4 Å². The number of hydrogen-bond donors (Lipinski definition) is 0. The minimum atomic E-state index is -0.664.